The highest BCUT2D eigenvalue weighted by Gasteiger charge is 2.48. The monoisotopic (exact) mass is 1100 g/mol. The highest BCUT2D eigenvalue weighted by Crippen LogP contribution is 2.26. The van der Waals surface area contributed by atoms with E-state index in [9.17, 15) is 33.1 Å². The molecule has 0 radical (unpaired) electrons. The van der Waals surface area contributed by atoms with Crippen molar-refractivity contribution in [3.63, 3.8) is 0 Å². The van der Waals surface area contributed by atoms with Crippen LogP contribution in [0.3, 0.4) is 0 Å². The van der Waals surface area contributed by atoms with Crippen LogP contribution in [-0.4, -0.2) is 97.5 Å². The van der Waals surface area contributed by atoms with Crippen molar-refractivity contribution in [3.05, 3.63) is 12.2 Å². The first-order valence-electron chi connectivity index (χ1n) is 32.4. The average Bonchev–Trinajstić information content (AvgIpc) is 3.40. The summed E-state index contributed by atoms with van der Waals surface area (Å²) in [5.74, 6) is -0.389. The zero-order valence-electron chi connectivity index (χ0n) is 49.4. The second-order valence-corrected chi connectivity index (χ2v) is 23.8. The van der Waals surface area contributed by atoms with Crippen molar-refractivity contribution in [1.82, 2.24) is 0 Å². The van der Waals surface area contributed by atoms with E-state index in [4.69, 9.17) is 18.9 Å². The Balaban J connectivity index is 2.22. The first-order chi connectivity index (χ1) is 37.1. The van der Waals surface area contributed by atoms with Gasteiger partial charge in [0.25, 0.3) is 0 Å². The third-order valence-electron chi connectivity index (χ3n) is 15.4. The van der Waals surface area contributed by atoms with Gasteiger partial charge in [-0.25, -0.2) is 4.18 Å². The van der Waals surface area contributed by atoms with Crippen LogP contribution in [0.2, 0.25) is 0 Å². The third kappa shape index (κ3) is 46.6. The molecule has 6 atom stereocenters. The van der Waals surface area contributed by atoms with E-state index in [-0.39, 0.29) is 25.6 Å². The predicted octanol–water partition coefficient (Wildman–Crippen LogP) is 16.9. The molecule has 1 aliphatic rings. The Morgan fingerprint density at radius 2 is 0.829 bits per heavy atom. The van der Waals surface area contributed by atoms with E-state index in [1.54, 1.807) is 0 Å². The Bertz CT molecular complexity index is 1370. The van der Waals surface area contributed by atoms with Gasteiger partial charge >= 0.3 is 16.4 Å². The van der Waals surface area contributed by atoms with E-state index in [0.29, 0.717) is 13.0 Å². The molecule has 0 saturated carbocycles. The minimum absolute atomic E-state index is 0.0427. The highest BCUT2D eigenvalue weighted by atomic mass is 32.3. The first kappa shape index (κ1) is 72.9. The summed E-state index contributed by atoms with van der Waals surface area (Å²) in [7, 11) is -5.07. The summed E-state index contributed by atoms with van der Waals surface area (Å²) in [5.41, 5.74) is 0. The number of aliphatic hydroxyl groups is 3. The zero-order chi connectivity index (χ0) is 55.3. The van der Waals surface area contributed by atoms with Crippen LogP contribution < -0.4 is 0 Å². The van der Waals surface area contributed by atoms with Crippen LogP contribution in [0, 0.1) is 0 Å². The van der Waals surface area contributed by atoms with Gasteiger partial charge in [-0.2, -0.15) is 8.42 Å². The topological polar surface area (TPSA) is 178 Å². The van der Waals surface area contributed by atoms with Gasteiger partial charge in [-0.3, -0.25) is 9.35 Å². The molecule has 6 unspecified atom stereocenters. The zero-order valence-corrected chi connectivity index (χ0v) is 50.2. The van der Waals surface area contributed by atoms with E-state index in [0.717, 1.165) is 38.5 Å². The summed E-state index contributed by atoms with van der Waals surface area (Å²) in [4.78, 5) is 13.0. The summed E-state index contributed by atoms with van der Waals surface area (Å²) in [6, 6.07) is 0. The Morgan fingerprint density at radius 3 is 1.18 bits per heavy atom. The van der Waals surface area contributed by atoms with Gasteiger partial charge in [0, 0.05) is 13.0 Å². The molecule has 0 aromatic rings. The number of hydrogen-bond donors (Lipinski definition) is 4. The fourth-order valence-corrected chi connectivity index (χ4v) is 11.0. The number of hydrogen-bond acceptors (Lipinski definition) is 11. The first-order valence-corrected chi connectivity index (χ1v) is 33.8. The van der Waals surface area contributed by atoms with Gasteiger partial charge in [0.05, 0.1) is 19.8 Å². The molecule has 13 heteroatoms. The molecule has 1 rings (SSSR count). The molecule has 0 amide bonds. The molecule has 0 bridgehead atoms. The van der Waals surface area contributed by atoms with Crippen LogP contribution in [0.15, 0.2) is 12.2 Å². The molecule has 452 valence electrons. The molecule has 1 heterocycles. The van der Waals surface area contributed by atoms with Crippen molar-refractivity contribution in [2.75, 3.05) is 26.4 Å². The smallest absolute Gasteiger partial charge is 0.397 e. The Labute approximate surface area is 468 Å². The van der Waals surface area contributed by atoms with Crippen LogP contribution in [0.5, 0.6) is 0 Å². The molecular formula is C63H122O12S. The normalized spacial score (nSPS) is 18.5. The molecule has 4 N–H and O–H groups in total. The summed E-state index contributed by atoms with van der Waals surface area (Å²) >= 11 is 0. The molecule has 0 aromatic heterocycles. The minimum Gasteiger partial charge on any atom is -0.457 e. The van der Waals surface area contributed by atoms with Crippen molar-refractivity contribution in [3.8, 4) is 0 Å². The average molecular weight is 1100 g/mol. The maximum absolute atomic E-state index is 13.0. The molecule has 12 nitrogen and oxygen atoms in total. The molecular weight excluding hydrogens is 981 g/mol. The number of unbranched alkanes of at least 4 members (excludes halogenated alkanes) is 44. The second-order valence-electron chi connectivity index (χ2n) is 22.7. The van der Waals surface area contributed by atoms with E-state index < -0.39 is 53.8 Å². The lowest BCUT2D eigenvalue weighted by atomic mass is 9.99. The van der Waals surface area contributed by atoms with Gasteiger partial charge in [0.15, 0.2) is 6.29 Å². The second kappa shape index (κ2) is 54.4. The molecule has 0 aliphatic carbocycles. The van der Waals surface area contributed by atoms with Crippen LogP contribution >= 0.6 is 0 Å². The summed E-state index contributed by atoms with van der Waals surface area (Å²) in [5, 5.41) is 30.9. The number of allylic oxidation sites excluding steroid dienone is 2. The summed E-state index contributed by atoms with van der Waals surface area (Å²) < 4.78 is 59.6. The lowest BCUT2D eigenvalue weighted by Crippen LogP contribution is -2.60. The fraction of sp³-hybridized carbons (Fsp3) is 0.952. The molecule has 0 spiro atoms. The minimum atomic E-state index is -5.07. The lowest BCUT2D eigenvalue weighted by molar-refractivity contribution is -0.301. The van der Waals surface area contributed by atoms with Gasteiger partial charge in [0.2, 0.25) is 0 Å². The van der Waals surface area contributed by atoms with Crippen molar-refractivity contribution in [2.45, 2.75) is 359 Å². The Morgan fingerprint density at radius 1 is 0.487 bits per heavy atom. The van der Waals surface area contributed by atoms with E-state index >= 15 is 0 Å². The SMILES string of the molecule is CCCCCCCCCC/C=C\CCCCCCCCCCCCCCOCC(COC1OC(CO)C(O)C(OS(=O)(=O)O)C1O)OC(=O)CCCCCCCCCCCCCCCCCCCCCCCCCCC. The van der Waals surface area contributed by atoms with Crippen molar-refractivity contribution in [2.24, 2.45) is 0 Å². The highest BCUT2D eigenvalue weighted by molar-refractivity contribution is 7.80. The number of carbonyl (C=O) groups excluding carboxylic acids is 1. The number of rotatable bonds is 59. The standard InChI is InChI=1S/C63H122O12S/c1-3-5-7-9-11-13-15-17-19-21-23-25-27-29-30-32-34-36-38-40-42-44-46-48-50-52-59(65)73-57(56-72-63-61(67)62(75-76(68,69)70)60(66)58(54-64)74-63)55-71-53-51-49-47-45-43-41-39-37-35-33-31-28-26-24-22-20-18-16-14-12-10-8-6-4-2/h22,24,57-58,60-64,66-67H,3-21,23,25-56H2,1-2H3,(H,68,69,70)/b24-22-. The van der Waals surface area contributed by atoms with E-state index in [1.165, 1.54) is 257 Å². The van der Waals surface area contributed by atoms with Gasteiger partial charge in [0.1, 0.15) is 30.5 Å². The van der Waals surface area contributed by atoms with Crippen molar-refractivity contribution < 1.29 is 56.2 Å². The Kier molecular flexibility index (Phi) is 52.2. The molecule has 1 aliphatic heterocycles. The summed E-state index contributed by atoms with van der Waals surface area (Å²) in [6.07, 6.45) is 57.0. The Hall–Kier alpha value is -1.16. The van der Waals surface area contributed by atoms with Crippen LogP contribution in [0.4, 0.5) is 0 Å². The van der Waals surface area contributed by atoms with E-state index in [1.807, 2.05) is 0 Å². The molecule has 1 fully saturated rings. The lowest BCUT2D eigenvalue weighted by Gasteiger charge is -2.41. The van der Waals surface area contributed by atoms with Gasteiger partial charge in [-0.1, -0.05) is 289 Å². The largest absolute Gasteiger partial charge is 0.457 e. The quantitative estimate of drug-likeness (QED) is 0.0196. The van der Waals surface area contributed by atoms with Gasteiger partial charge in [-0.15, -0.1) is 0 Å². The van der Waals surface area contributed by atoms with Crippen molar-refractivity contribution in [1.29, 1.82) is 0 Å². The fourth-order valence-electron chi connectivity index (χ4n) is 10.5. The maximum Gasteiger partial charge on any atom is 0.397 e. The van der Waals surface area contributed by atoms with E-state index in [2.05, 4.69) is 30.2 Å². The number of esters is 1. The summed E-state index contributed by atoms with van der Waals surface area (Å²) in [6.45, 7) is 4.08. The number of ether oxygens (including phenoxy) is 4. The van der Waals surface area contributed by atoms with Crippen LogP contribution in [0.1, 0.15) is 322 Å². The molecule has 0 aromatic carbocycles. The van der Waals surface area contributed by atoms with Crippen LogP contribution in [0.25, 0.3) is 0 Å². The van der Waals surface area contributed by atoms with Crippen LogP contribution in [-0.2, 0) is 38.3 Å². The number of aliphatic hydroxyl groups excluding tert-OH is 3. The maximum atomic E-state index is 13.0. The molecule has 1 saturated heterocycles. The number of carbonyl (C=O) groups is 1. The van der Waals surface area contributed by atoms with Crippen molar-refractivity contribution >= 4 is 16.4 Å². The van der Waals surface area contributed by atoms with Gasteiger partial charge in [-0.05, 0) is 38.5 Å². The predicted molar refractivity (Wildman–Crippen MR) is 313 cm³/mol. The molecule has 76 heavy (non-hydrogen) atoms. The van der Waals surface area contributed by atoms with Gasteiger partial charge < -0.3 is 34.3 Å². The third-order valence-corrected chi connectivity index (χ3v) is 15.9.